The highest BCUT2D eigenvalue weighted by atomic mass is 35.5. The molecule has 1 saturated heterocycles. The molecule has 15 heavy (non-hydrogen) atoms. The minimum absolute atomic E-state index is 0.109. The van der Waals surface area contributed by atoms with E-state index >= 15 is 0 Å². The molecule has 1 unspecified atom stereocenters. The Labute approximate surface area is 94.3 Å². The molecule has 0 amide bonds. The standard InChI is InChI=1S/C11H14ClNO2/c1-2-14-10-4-3-8(5-9(10)12)11-6-13-7-15-11/h3-5,11,13H,2,6-7H2,1H3. The molecule has 1 atom stereocenters. The van der Waals surface area contributed by atoms with Crippen molar-refractivity contribution in [2.24, 2.45) is 0 Å². The molecule has 0 bridgehead atoms. The second-order valence-electron chi connectivity index (χ2n) is 3.38. The second kappa shape index (κ2) is 4.84. The molecule has 1 aromatic rings. The van der Waals surface area contributed by atoms with E-state index in [0.29, 0.717) is 18.4 Å². The van der Waals surface area contributed by atoms with Crippen LogP contribution >= 0.6 is 11.6 Å². The van der Waals surface area contributed by atoms with Crippen LogP contribution in [0.3, 0.4) is 0 Å². The second-order valence-corrected chi connectivity index (χ2v) is 3.78. The highest BCUT2D eigenvalue weighted by Gasteiger charge is 2.18. The lowest BCUT2D eigenvalue weighted by Gasteiger charge is -2.11. The van der Waals surface area contributed by atoms with Gasteiger partial charge in [-0.2, -0.15) is 0 Å². The van der Waals surface area contributed by atoms with Gasteiger partial charge in [0.15, 0.2) is 0 Å². The molecule has 1 aliphatic heterocycles. The van der Waals surface area contributed by atoms with Crippen LogP contribution in [0.25, 0.3) is 0 Å². The van der Waals surface area contributed by atoms with Gasteiger partial charge in [-0.15, -0.1) is 0 Å². The first-order valence-corrected chi connectivity index (χ1v) is 5.43. The molecule has 0 aromatic heterocycles. The zero-order valence-corrected chi connectivity index (χ0v) is 9.38. The van der Waals surface area contributed by atoms with Crippen molar-refractivity contribution in [1.82, 2.24) is 5.32 Å². The van der Waals surface area contributed by atoms with Gasteiger partial charge in [0, 0.05) is 6.54 Å². The lowest BCUT2D eigenvalue weighted by molar-refractivity contribution is 0.114. The third-order valence-corrected chi connectivity index (χ3v) is 2.64. The predicted molar refractivity (Wildman–Crippen MR) is 59.3 cm³/mol. The van der Waals surface area contributed by atoms with Crippen molar-refractivity contribution < 1.29 is 9.47 Å². The van der Waals surface area contributed by atoms with Gasteiger partial charge in [-0.3, -0.25) is 5.32 Å². The number of benzene rings is 1. The summed E-state index contributed by atoms with van der Waals surface area (Å²) in [5.74, 6) is 0.730. The highest BCUT2D eigenvalue weighted by molar-refractivity contribution is 6.32. The van der Waals surface area contributed by atoms with Crippen LogP contribution in [-0.4, -0.2) is 19.9 Å². The van der Waals surface area contributed by atoms with E-state index in [4.69, 9.17) is 21.1 Å². The summed E-state index contributed by atoms with van der Waals surface area (Å²) < 4.78 is 10.8. The number of ether oxygens (including phenoxy) is 2. The van der Waals surface area contributed by atoms with E-state index in [0.717, 1.165) is 17.9 Å². The molecule has 1 N–H and O–H groups in total. The zero-order chi connectivity index (χ0) is 10.7. The molecule has 1 aliphatic rings. The average molecular weight is 228 g/mol. The lowest BCUT2D eigenvalue weighted by Crippen LogP contribution is -2.08. The molecule has 0 spiro atoms. The van der Waals surface area contributed by atoms with Gasteiger partial charge in [-0.1, -0.05) is 17.7 Å². The Balaban J connectivity index is 2.16. The average Bonchev–Trinajstić information content (AvgIpc) is 2.74. The number of nitrogens with one attached hydrogen (secondary N) is 1. The van der Waals surface area contributed by atoms with Crippen molar-refractivity contribution in [2.45, 2.75) is 13.0 Å². The van der Waals surface area contributed by atoms with Gasteiger partial charge in [0.1, 0.15) is 5.75 Å². The van der Waals surface area contributed by atoms with Gasteiger partial charge in [0.25, 0.3) is 0 Å². The molecule has 82 valence electrons. The molecule has 1 fully saturated rings. The maximum atomic E-state index is 6.09. The van der Waals surface area contributed by atoms with Crippen LogP contribution in [0.1, 0.15) is 18.6 Å². The summed E-state index contributed by atoms with van der Waals surface area (Å²) in [7, 11) is 0. The summed E-state index contributed by atoms with van der Waals surface area (Å²) >= 11 is 6.09. The van der Waals surface area contributed by atoms with Crippen LogP contribution in [0.4, 0.5) is 0 Å². The smallest absolute Gasteiger partial charge is 0.137 e. The van der Waals surface area contributed by atoms with E-state index in [-0.39, 0.29) is 6.10 Å². The number of rotatable bonds is 3. The molecule has 1 aromatic carbocycles. The Hall–Kier alpha value is -0.770. The molecule has 0 radical (unpaired) electrons. The third-order valence-electron chi connectivity index (χ3n) is 2.34. The van der Waals surface area contributed by atoms with Gasteiger partial charge in [0.2, 0.25) is 0 Å². The minimum atomic E-state index is 0.109. The Morgan fingerprint density at radius 2 is 2.47 bits per heavy atom. The maximum Gasteiger partial charge on any atom is 0.137 e. The van der Waals surface area contributed by atoms with E-state index in [2.05, 4.69) is 5.32 Å². The monoisotopic (exact) mass is 227 g/mol. The summed E-state index contributed by atoms with van der Waals surface area (Å²) in [6.45, 7) is 4.01. The van der Waals surface area contributed by atoms with Crippen molar-refractivity contribution in [1.29, 1.82) is 0 Å². The minimum Gasteiger partial charge on any atom is -0.492 e. The third kappa shape index (κ3) is 2.43. The molecule has 4 heteroatoms. The van der Waals surface area contributed by atoms with Gasteiger partial charge < -0.3 is 9.47 Å². The summed E-state index contributed by atoms with van der Waals surface area (Å²) in [5, 5.41) is 3.78. The normalized spacial score (nSPS) is 20.5. The first kappa shape index (κ1) is 10.7. The van der Waals surface area contributed by atoms with Crippen molar-refractivity contribution in [3.05, 3.63) is 28.8 Å². The summed E-state index contributed by atoms with van der Waals surface area (Å²) in [5.41, 5.74) is 1.09. The maximum absolute atomic E-state index is 6.09. The van der Waals surface area contributed by atoms with Gasteiger partial charge in [-0.25, -0.2) is 0 Å². The Kier molecular flexibility index (Phi) is 3.46. The first-order valence-electron chi connectivity index (χ1n) is 5.06. The van der Waals surface area contributed by atoms with Crippen LogP contribution in [0, 0.1) is 0 Å². The van der Waals surface area contributed by atoms with Gasteiger partial charge in [-0.05, 0) is 24.6 Å². The van der Waals surface area contributed by atoms with E-state index in [1.54, 1.807) is 0 Å². The van der Waals surface area contributed by atoms with E-state index in [9.17, 15) is 0 Å². The van der Waals surface area contributed by atoms with E-state index < -0.39 is 0 Å². The molecule has 0 aliphatic carbocycles. The van der Waals surface area contributed by atoms with Crippen molar-refractivity contribution >= 4 is 11.6 Å². The van der Waals surface area contributed by atoms with Gasteiger partial charge in [0.05, 0.1) is 24.5 Å². The number of hydrogen-bond acceptors (Lipinski definition) is 3. The van der Waals surface area contributed by atoms with Crippen LogP contribution in [0.15, 0.2) is 18.2 Å². The fourth-order valence-corrected chi connectivity index (χ4v) is 1.86. The van der Waals surface area contributed by atoms with Crippen molar-refractivity contribution in [3.8, 4) is 5.75 Å². The quantitative estimate of drug-likeness (QED) is 0.860. The zero-order valence-electron chi connectivity index (χ0n) is 8.63. The Morgan fingerprint density at radius 1 is 1.60 bits per heavy atom. The molecular formula is C11H14ClNO2. The largest absolute Gasteiger partial charge is 0.492 e. The van der Waals surface area contributed by atoms with Crippen LogP contribution in [0.2, 0.25) is 5.02 Å². The molecule has 1 heterocycles. The van der Waals surface area contributed by atoms with Gasteiger partial charge >= 0.3 is 0 Å². The Bertz CT molecular complexity index is 337. The predicted octanol–water partition coefficient (Wildman–Crippen LogP) is 2.36. The molecule has 0 saturated carbocycles. The molecular weight excluding hydrogens is 214 g/mol. The van der Waals surface area contributed by atoms with E-state index in [1.807, 2.05) is 25.1 Å². The summed E-state index contributed by atoms with van der Waals surface area (Å²) in [6.07, 6.45) is 0.109. The van der Waals surface area contributed by atoms with Crippen molar-refractivity contribution in [3.63, 3.8) is 0 Å². The molecule has 3 nitrogen and oxygen atoms in total. The summed E-state index contributed by atoms with van der Waals surface area (Å²) in [6, 6.07) is 5.79. The highest BCUT2D eigenvalue weighted by Crippen LogP contribution is 2.29. The van der Waals surface area contributed by atoms with Crippen LogP contribution in [0.5, 0.6) is 5.75 Å². The summed E-state index contributed by atoms with van der Waals surface area (Å²) in [4.78, 5) is 0. The lowest BCUT2D eigenvalue weighted by atomic mass is 10.1. The van der Waals surface area contributed by atoms with Crippen LogP contribution < -0.4 is 10.1 Å². The van der Waals surface area contributed by atoms with Crippen molar-refractivity contribution in [2.75, 3.05) is 19.9 Å². The number of hydrogen-bond donors (Lipinski definition) is 1. The topological polar surface area (TPSA) is 30.5 Å². The first-order chi connectivity index (χ1) is 7.31. The molecule has 2 rings (SSSR count). The Morgan fingerprint density at radius 3 is 3.07 bits per heavy atom. The fourth-order valence-electron chi connectivity index (χ4n) is 1.61. The SMILES string of the molecule is CCOc1ccc(C2CNCO2)cc1Cl. The van der Waals surface area contributed by atoms with Crippen LogP contribution in [-0.2, 0) is 4.74 Å². The number of halogens is 1. The fraction of sp³-hybridized carbons (Fsp3) is 0.455. The van der Waals surface area contributed by atoms with E-state index in [1.165, 1.54) is 0 Å².